The summed E-state index contributed by atoms with van der Waals surface area (Å²) in [7, 11) is 0. The van der Waals surface area contributed by atoms with Gasteiger partial charge in [0.1, 0.15) is 0 Å². The van der Waals surface area contributed by atoms with Crippen LogP contribution in [-0.2, 0) is 4.79 Å². The molecule has 2 aliphatic rings. The first-order chi connectivity index (χ1) is 10.2. The lowest BCUT2D eigenvalue weighted by atomic mass is 9.92. The number of carbonyl (C=O) groups is 1. The first-order valence-corrected chi connectivity index (χ1v) is 8.51. The monoisotopic (exact) mass is 289 g/mol. The fourth-order valence-corrected chi connectivity index (χ4v) is 3.99. The van der Waals surface area contributed by atoms with Crippen LogP contribution in [0.25, 0.3) is 0 Å². The van der Waals surface area contributed by atoms with Crippen LogP contribution in [-0.4, -0.2) is 34.1 Å². The van der Waals surface area contributed by atoms with Crippen molar-refractivity contribution in [2.24, 2.45) is 5.92 Å². The quantitative estimate of drug-likeness (QED) is 0.923. The molecule has 1 aromatic rings. The van der Waals surface area contributed by atoms with E-state index in [1.54, 1.807) is 0 Å². The SMILES string of the molecule is Cc1cn[nH]c1C1CCCN(C(=O)CCC2CCCC2)C1. The van der Waals surface area contributed by atoms with Crippen LogP contribution in [0.2, 0.25) is 0 Å². The number of aromatic nitrogens is 2. The zero-order valence-electron chi connectivity index (χ0n) is 13.1. The summed E-state index contributed by atoms with van der Waals surface area (Å²) in [4.78, 5) is 14.5. The number of H-pyrrole nitrogens is 1. The van der Waals surface area contributed by atoms with E-state index in [9.17, 15) is 4.79 Å². The largest absolute Gasteiger partial charge is 0.342 e. The molecule has 1 atom stereocenters. The Bertz CT molecular complexity index is 476. The van der Waals surface area contributed by atoms with Crippen LogP contribution in [0.3, 0.4) is 0 Å². The molecule has 1 unspecified atom stereocenters. The van der Waals surface area contributed by atoms with Gasteiger partial charge in [0.25, 0.3) is 0 Å². The summed E-state index contributed by atoms with van der Waals surface area (Å²) < 4.78 is 0. The number of aryl methyl sites for hydroxylation is 1. The van der Waals surface area contributed by atoms with Gasteiger partial charge in [0.15, 0.2) is 0 Å². The minimum atomic E-state index is 0.365. The van der Waals surface area contributed by atoms with Gasteiger partial charge in [-0.2, -0.15) is 5.10 Å². The fraction of sp³-hybridized carbons (Fsp3) is 0.765. The smallest absolute Gasteiger partial charge is 0.222 e. The Morgan fingerprint density at radius 1 is 1.33 bits per heavy atom. The van der Waals surface area contributed by atoms with Crippen molar-refractivity contribution in [3.8, 4) is 0 Å². The van der Waals surface area contributed by atoms with E-state index in [1.165, 1.54) is 36.9 Å². The summed E-state index contributed by atoms with van der Waals surface area (Å²) in [6, 6.07) is 0. The molecule has 2 heterocycles. The number of nitrogens with one attached hydrogen (secondary N) is 1. The summed E-state index contributed by atoms with van der Waals surface area (Å²) in [6.45, 7) is 3.90. The number of hydrogen-bond acceptors (Lipinski definition) is 2. The average molecular weight is 289 g/mol. The van der Waals surface area contributed by atoms with E-state index in [2.05, 4.69) is 22.0 Å². The Labute approximate surface area is 127 Å². The van der Waals surface area contributed by atoms with Gasteiger partial charge in [0, 0.05) is 31.1 Å². The first-order valence-electron chi connectivity index (χ1n) is 8.51. The van der Waals surface area contributed by atoms with Crippen LogP contribution in [0.1, 0.15) is 68.5 Å². The highest BCUT2D eigenvalue weighted by Crippen LogP contribution is 2.30. The molecule has 0 spiro atoms. The molecule has 1 amide bonds. The van der Waals surface area contributed by atoms with Gasteiger partial charge in [-0.05, 0) is 37.7 Å². The number of rotatable bonds is 4. The number of nitrogens with zero attached hydrogens (tertiary/aromatic N) is 2. The van der Waals surface area contributed by atoms with Crippen LogP contribution in [0.4, 0.5) is 0 Å². The van der Waals surface area contributed by atoms with Crippen LogP contribution in [0, 0.1) is 12.8 Å². The Balaban J connectivity index is 1.53. The molecule has 1 aliphatic heterocycles. The molecule has 21 heavy (non-hydrogen) atoms. The molecule has 1 saturated carbocycles. The number of likely N-dealkylation sites (tertiary alicyclic amines) is 1. The lowest BCUT2D eigenvalue weighted by Crippen LogP contribution is -2.39. The molecule has 1 aromatic heterocycles. The second-order valence-corrected chi connectivity index (χ2v) is 6.83. The lowest BCUT2D eigenvalue weighted by molar-refractivity contribution is -0.132. The Kier molecular flexibility index (Phi) is 4.61. The van der Waals surface area contributed by atoms with E-state index in [4.69, 9.17) is 0 Å². The van der Waals surface area contributed by atoms with Crippen molar-refractivity contribution in [1.82, 2.24) is 15.1 Å². The molecule has 0 aromatic carbocycles. The van der Waals surface area contributed by atoms with Crippen molar-refractivity contribution in [3.05, 3.63) is 17.5 Å². The second-order valence-electron chi connectivity index (χ2n) is 6.83. The van der Waals surface area contributed by atoms with E-state index in [0.717, 1.165) is 44.7 Å². The zero-order chi connectivity index (χ0) is 14.7. The number of hydrogen-bond donors (Lipinski definition) is 1. The van der Waals surface area contributed by atoms with Crippen molar-refractivity contribution in [2.45, 2.75) is 64.2 Å². The molecule has 1 saturated heterocycles. The number of piperidine rings is 1. The van der Waals surface area contributed by atoms with Crippen molar-refractivity contribution < 1.29 is 4.79 Å². The Hall–Kier alpha value is -1.32. The first kappa shape index (κ1) is 14.6. The van der Waals surface area contributed by atoms with Gasteiger partial charge in [-0.1, -0.05) is 25.7 Å². The summed E-state index contributed by atoms with van der Waals surface area (Å²) >= 11 is 0. The highest BCUT2D eigenvalue weighted by Gasteiger charge is 2.27. The topological polar surface area (TPSA) is 49.0 Å². The molecule has 3 rings (SSSR count). The normalized spacial score (nSPS) is 23.7. The van der Waals surface area contributed by atoms with Gasteiger partial charge in [-0.3, -0.25) is 9.89 Å². The molecule has 116 valence electrons. The maximum absolute atomic E-state index is 12.5. The third kappa shape index (κ3) is 3.47. The number of carbonyl (C=O) groups excluding carboxylic acids is 1. The molecule has 0 radical (unpaired) electrons. The van der Waals surface area contributed by atoms with Crippen molar-refractivity contribution in [2.75, 3.05) is 13.1 Å². The lowest BCUT2D eigenvalue weighted by Gasteiger charge is -2.33. The second kappa shape index (κ2) is 6.63. The van der Waals surface area contributed by atoms with Crippen LogP contribution in [0.5, 0.6) is 0 Å². The highest BCUT2D eigenvalue weighted by atomic mass is 16.2. The number of aromatic amines is 1. The third-order valence-corrected chi connectivity index (χ3v) is 5.29. The van der Waals surface area contributed by atoms with Crippen LogP contribution in [0.15, 0.2) is 6.20 Å². The Morgan fingerprint density at radius 2 is 2.14 bits per heavy atom. The van der Waals surface area contributed by atoms with E-state index in [0.29, 0.717) is 11.8 Å². The highest BCUT2D eigenvalue weighted by molar-refractivity contribution is 5.76. The fourth-order valence-electron chi connectivity index (χ4n) is 3.99. The summed E-state index contributed by atoms with van der Waals surface area (Å²) in [5.74, 6) is 1.62. The van der Waals surface area contributed by atoms with Gasteiger partial charge >= 0.3 is 0 Å². The standard InChI is InChI=1S/C17H27N3O/c1-13-11-18-19-17(13)15-7-4-10-20(12-15)16(21)9-8-14-5-2-3-6-14/h11,14-15H,2-10,12H2,1H3,(H,18,19). The van der Waals surface area contributed by atoms with Gasteiger partial charge < -0.3 is 4.90 Å². The van der Waals surface area contributed by atoms with Crippen molar-refractivity contribution in [3.63, 3.8) is 0 Å². The molecule has 2 fully saturated rings. The predicted octanol–water partition coefficient (Wildman–Crippen LogP) is 3.39. The van der Waals surface area contributed by atoms with Crippen LogP contribution < -0.4 is 0 Å². The molecular formula is C17H27N3O. The summed E-state index contributed by atoms with van der Waals surface area (Å²) in [6.07, 6.45) is 11.4. The predicted molar refractivity (Wildman–Crippen MR) is 83.1 cm³/mol. The van der Waals surface area contributed by atoms with E-state index in [1.807, 2.05) is 6.20 Å². The van der Waals surface area contributed by atoms with Gasteiger partial charge in [0.2, 0.25) is 5.91 Å². The van der Waals surface area contributed by atoms with Crippen molar-refractivity contribution in [1.29, 1.82) is 0 Å². The minimum Gasteiger partial charge on any atom is -0.342 e. The maximum atomic E-state index is 12.5. The molecule has 4 heteroatoms. The maximum Gasteiger partial charge on any atom is 0.222 e. The van der Waals surface area contributed by atoms with Crippen LogP contribution >= 0.6 is 0 Å². The van der Waals surface area contributed by atoms with E-state index in [-0.39, 0.29) is 0 Å². The molecule has 1 N–H and O–H groups in total. The minimum absolute atomic E-state index is 0.365. The Morgan fingerprint density at radius 3 is 2.86 bits per heavy atom. The molecular weight excluding hydrogens is 262 g/mol. The van der Waals surface area contributed by atoms with E-state index >= 15 is 0 Å². The third-order valence-electron chi connectivity index (χ3n) is 5.29. The van der Waals surface area contributed by atoms with Crippen molar-refractivity contribution >= 4 is 5.91 Å². The van der Waals surface area contributed by atoms with Gasteiger partial charge in [-0.25, -0.2) is 0 Å². The molecule has 4 nitrogen and oxygen atoms in total. The van der Waals surface area contributed by atoms with Gasteiger partial charge in [0.05, 0.1) is 6.20 Å². The van der Waals surface area contributed by atoms with Gasteiger partial charge in [-0.15, -0.1) is 0 Å². The zero-order valence-corrected chi connectivity index (χ0v) is 13.1. The number of amides is 1. The summed E-state index contributed by atoms with van der Waals surface area (Å²) in [5.41, 5.74) is 2.45. The molecule has 0 bridgehead atoms. The van der Waals surface area contributed by atoms with E-state index < -0.39 is 0 Å². The summed E-state index contributed by atoms with van der Waals surface area (Å²) in [5, 5.41) is 7.25. The molecule has 1 aliphatic carbocycles. The average Bonchev–Trinajstić information content (AvgIpc) is 3.16.